The highest BCUT2D eigenvalue weighted by atomic mass is 35.5. The Hall–Kier alpha value is -1.17. The van der Waals surface area contributed by atoms with Gasteiger partial charge < -0.3 is 20.7 Å². The van der Waals surface area contributed by atoms with Crippen molar-refractivity contribution in [1.82, 2.24) is 5.32 Å². The Morgan fingerprint density at radius 1 is 1.39 bits per heavy atom. The highest BCUT2D eigenvalue weighted by Crippen LogP contribution is 2.31. The Labute approximate surface area is 150 Å². The van der Waals surface area contributed by atoms with Crippen molar-refractivity contribution in [2.24, 2.45) is 11.7 Å². The van der Waals surface area contributed by atoms with Crippen molar-refractivity contribution in [2.75, 3.05) is 31.6 Å². The number of nitrogens with zero attached hydrogens (tertiary/aromatic N) is 1. The SMILES string of the molecule is COc1ccccc1N1CCC(CNC(=O)C(C)(C)N)C1.Cl.Cl. The normalized spacial score (nSPS) is 17.0. The molecule has 0 aromatic heterocycles. The average Bonchev–Trinajstić information content (AvgIpc) is 2.92. The van der Waals surface area contributed by atoms with Crippen LogP contribution in [0.5, 0.6) is 5.75 Å². The molecule has 1 heterocycles. The largest absolute Gasteiger partial charge is 0.495 e. The zero-order valence-corrected chi connectivity index (χ0v) is 15.5. The molecule has 1 atom stereocenters. The molecular weight excluding hydrogens is 337 g/mol. The number of para-hydroxylation sites is 2. The number of methoxy groups -OCH3 is 1. The van der Waals surface area contributed by atoms with E-state index >= 15 is 0 Å². The number of rotatable bonds is 5. The minimum atomic E-state index is -0.819. The van der Waals surface area contributed by atoms with E-state index in [0.29, 0.717) is 12.5 Å². The van der Waals surface area contributed by atoms with E-state index in [2.05, 4.69) is 16.3 Å². The summed E-state index contributed by atoms with van der Waals surface area (Å²) in [4.78, 5) is 14.1. The summed E-state index contributed by atoms with van der Waals surface area (Å²) in [6.07, 6.45) is 1.06. The molecule has 2 rings (SSSR count). The number of anilines is 1. The molecule has 1 saturated heterocycles. The highest BCUT2D eigenvalue weighted by molar-refractivity contribution is 5.86. The van der Waals surface area contributed by atoms with E-state index < -0.39 is 5.54 Å². The molecule has 0 radical (unpaired) electrons. The monoisotopic (exact) mass is 363 g/mol. The fourth-order valence-corrected chi connectivity index (χ4v) is 2.57. The molecule has 1 fully saturated rings. The highest BCUT2D eigenvalue weighted by Gasteiger charge is 2.27. The summed E-state index contributed by atoms with van der Waals surface area (Å²) >= 11 is 0. The van der Waals surface area contributed by atoms with Crippen molar-refractivity contribution >= 4 is 36.4 Å². The van der Waals surface area contributed by atoms with Crippen molar-refractivity contribution in [1.29, 1.82) is 0 Å². The number of halogens is 2. The summed E-state index contributed by atoms with van der Waals surface area (Å²) in [6.45, 7) is 6.01. The molecule has 1 aromatic rings. The average molecular weight is 364 g/mol. The number of hydrogen-bond donors (Lipinski definition) is 2. The molecule has 3 N–H and O–H groups in total. The van der Waals surface area contributed by atoms with Crippen LogP contribution in [0.15, 0.2) is 24.3 Å². The van der Waals surface area contributed by atoms with Crippen LogP contribution in [-0.4, -0.2) is 38.2 Å². The van der Waals surface area contributed by atoms with Crippen LogP contribution in [0.3, 0.4) is 0 Å². The van der Waals surface area contributed by atoms with Crippen LogP contribution in [0.25, 0.3) is 0 Å². The number of amides is 1. The van der Waals surface area contributed by atoms with Crippen molar-refractivity contribution < 1.29 is 9.53 Å². The second-order valence-corrected chi connectivity index (χ2v) is 6.20. The van der Waals surface area contributed by atoms with Gasteiger partial charge in [0.05, 0.1) is 18.3 Å². The van der Waals surface area contributed by atoms with Crippen LogP contribution in [0, 0.1) is 5.92 Å². The lowest BCUT2D eigenvalue weighted by Crippen LogP contribution is -2.50. The van der Waals surface area contributed by atoms with Gasteiger partial charge in [0.15, 0.2) is 0 Å². The zero-order valence-electron chi connectivity index (χ0n) is 13.9. The first kappa shape index (κ1) is 21.8. The maximum atomic E-state index is 11.8. The summed E-state index contributed by atoms with van der Waals surface area (Å²) in [7, 11) is 1.69. The fraction of sp³-hybridized carbons (Fsp3) is 0.562. The van der Waals surface area contributed by atoms with E-state index in [9.17, 15) is 4.79 Å². The third-order valence-electron chi connectivity index (χ3n) is 3.85. The van der Waals surface area contributed by atoms with Crippen LogP contribution in [0.2, 0.25) is 0 Å². The molecule has 1 aliphatic rings. The first-order chi connectivity index (χ1) is 9.91. The molecular formula is C16H27Cl2N3O2. The van der Waals surface area contributed by atoms with Gasteiger partial charge in [-0.05, 0) is 38.3 Å². The number of hydrogen-bond acceptors (Lipinski definition) is 4. The molecule has 0 aliphatic carbocycles. The Balaban J connectivity index is 0.00000242. The van der Waals surface area contributed by atoms with Crippen LogP contribution < -0.4 is 20.7 Å². The van der Waals surface area contributed by atoms with Gasteiger partial charge in [-0.15, -0.1) is 24.8 Å². The van der Waals surface area contributed by atoms with Gasteiger partial charge in [-0.25, -0.2) is 0 Å². The maximum absolute atomic E-state index is 11.8. The van der Waals surface area contributed by atoms with Crippen LogP contribution in [-0.2, 0) is 4.79 Å². The van der Waals surface area contributed by atoms with E-state index in [1.165, 1.54) is 0 Å². The Bertz CT molecular complexity index is 506. The molecule has 1 aromatic carbocycles. The van der Waals surface area contributed by atoms with Gasteiger partial charge in [-0.1, -0.05) is 12.1 Å². The topological polar surface area (TPSA) is 67.6 Å². The molecule has 132 valence electrons. The minimum Gasteiger partial charge on any atom is -0.495 e. The van der Waals surface area contributed by atoms with Gasteiger partial charge >= 0.3 is 0 Å². The number of ether oxygens (including phenoxy) is 1. The quantitative estimate of drug-likeness (QED) is 0.841. The lowest BCUT2D eigenvalue weighted by molar-refractivity contribution is -0.125. The van der Waals surface area contributed by atoms with E-state index in [4.69, 9.17) is 10.5 Å². The zero-order chi connectivity index (χ0) is 15.5. The maximum Gasteiger partial charge on any atom is 0.239 e. The first-order valence-corrected chi connectivity index (χ1v) is 7.37. The molecule has 1 aliphatic heterocycles. The summed E-state index contributed by atoms with van der Waals surface area (Å²) in [5.41, 5.74) is 6.08. The van der Waals surface area contributed by atoms with Crippen LogP contribution >= 0.6 is 24.8 Å². The van der Waals surface area contributed by atoms with Gasteiger partial charge in [-0.2, -0.15) is 0 Å². The third-order valence-corrected chi connectivity index (χ3v) is 3.85. The first-order valence-electron chi connectivity index (χ1n) is 7.37. The predicted molar refractivity (Wildman–Crippen MR) is 99.1 cm³/mol. The lowest BCUT2D eigenvalue weighted by Gasteiger charge is -2.22. The summed E-state index contributed by atoms with van der Waals surface area (Å²) in [5, 5.41) is 2.94. The molecule has 5 nitrogen and oxygen atoms in total. The van der Waals surface area contributed by atoms with Gasteiger partial charge in [0.2, 0.25) is 5.91 Å². The minimum absolute atomic E-state index is 0. The van der Waals surface area contributed by atoms with Gasteiger partial charge in [0, 0.05) is 19.6 Å². The standard InChI is InChI=1S/C16H25N3O2.2ClH/c1-16(2,17)15(20)18-10-12-8-9-19(11-12)13-6-4-5-7-14(13)21-3;;/h4-7,12H,8-11,17H2,1-3H3,(H,18,20);2*1H. The molecule has 0 bridgehead atoms. The number of benzene rings is 1. The van der Waals surface area contributed by atoms with Gasteiger partial charge in [0.25, 0.3) is 0 Å². The van der Waals surface area contributed by atoms with Crippen molar-refractivity contribution in [2.45, 2.75) is 25.8 Å². The second kappa shape index (κ2) is 9.21. The van der Waals surface area contributed by atoms with Gasteiger partial charge in [-0.3, -0.25) is 4.79 Å². The summed E-state index contributed by atoms with van der Waals surface area (Å²) in [6, 6.07) is 8.04. The number of carbonyl (C=O) groups excluding carboxylic acids is 1. The van der Waals surface area contributed by atoms with Crippen LogP contribution in [0.1, 0.15) is 20.3 Å². The fourth-order valence-electron chi connectivity index (χ4n) is 2.57. The van der Waals surface area contributed by atoms with Crippen LogP contribution in [0.4, 0.5) is 5.69 Å². The molecule has 7 heteroatoms. The Morgan fingerprint density at radius 2 is 2.04 bits per heavy atom. The molecule has 0 spiro atoms. The van der Waals surface area contributed by atoms with E-state index in [1.807, 2.05) is 18.2 Å². The number of nitrogens with two attached hydrogens (primary N) is 1. The van der Waals surface area contributed by atoms with E-state index in [0.717, 1.165) is 30.9 Å². The third kappa shape index (κ3) is 5.75. The Kier molecular flexibility index (Phi) is 8.74. The van der Waals surface area contributed by atoms with Gasteiger partial charge in [0.1, 0.15) is 5.75 Å². The summed E-state index contributed by atoms with van der Waals surface area (Å²) < 4.78 is 5.41. The van der Waals surface area contributed by atoms with Crippen molar-refractivity contribution in [3.63, 3.8) is 0 Å². The molecule has 1 amide bonds. The molecule has 23 heavy (non-hydrogen) atoms. The predicted octanol–water partition coefficient (Wildman–Crippen LogP) is 2.22. The smallest absolute Gasteiger partial charge is 0.239 e. The van der Waals surface area contributed by atoms with Crippen molar-refractivity contribution in [3.05, 3.63) is 24.3 Å². The number of nitrogens with one attached hydrogen (secondary N) is 1. The van der Waals surface area contributed by atoms with Crippen molar-refractivity contribution in [3.8, 4) is 5.75 Å². The summed E-state index contributed by atoms with van der Waals surface area (Å²) in [5.74, 6) is 1.24. The second-order valence-electron chi connectivity index (χ2n) is 6.20. The molecule has 0 saturated carbocycles. The number of carbonyl (C=O) groups is 1. The lowest BCUT2D eigenvalue weighted by atomic mass is 10.1. The van der Waals surface area contributed by atoms with E-state index in [-0.39, 0.29) is 30.7 Å². The Morgan fingerprint density at radius 3 is 2.65 bits per heavy atom. The molecule has 1 unspecified atom stereocenters. The van der Waals surface area contributed by atoms with E-state index in [1.54, 1.807) is 21.0 Å².